The summed E-state index contributed by atoms with van der Waals surface area (Å²) in [7, 11) is 0. The minimum absolute atomic E-state index is 0.159. The van der Waals surface area contributed by atoms with Crippen molar-refractivity contribution >= 4 is 11.8 Å². The Morgan fingerprint density at radius 3 is 2.29 bits per heavy atom. The molecule has 1 rings (SSSR count). The topological polar surface area (TPSA) is 98.2 Å². The van der Waals surface area contributed by atoms with E-state index < -0.39 is 11.4 Å². The van der Waals surface area contributed by atoms with Gasteiger partial charge in [0.25, 0.3) is 0 Å². The number of hydrogen-bond acceptors (Lipinski definition) is 3. The number of amides is 2. The Balaban J connectivity index is 2.59. The molecule has 1 aromatic rings. The summed E-state index contributed by atoms with van der Waals surface area (Å²) in [6.07, 6.45) is 4.14. The maximum atomic E-state index is 12.0. The summed E-state index contributed by atoms with van der Waals surface area (Å²) in [5, 5.41) is 2.76. The second-order valence-electron chi connectivity index (χ2n) is 5.36. The fourth-order valence-corrected chi connectivity index (χ4v) is 2.17. The molecule has 0 radical (unpaired) electrons. The first-order chi connectivity index (χ1) is 10.0. The van der Waals surface area contributed by atoms with Crippen LogP contribution in [0.4, 0.5) is 0 Å². The molecule has 1 unspecified atom stereocenters. The van der Waals surface area contributed by atoms with Gasteiger partial charge in [-0.2, -0.15) is 0 Å². The normalized spacial score (nSPS) is 13.4. The van der Waals surface area contributed by atoms with Gasteiger partial charge in [-0.25, -0.2) is 0 Å². The van der Waals surface area contributed by atoms with Crippen LogP contribution in [0.3, 0.4) is 0 Å². The zero-order chi connectivity index (χ0) is 15.7. The van der Waals surface area contributed by atoms with Gasteiger partial charge in [-0.3, -0.25) is 9.59 Å². The average Bonchev–Trinajstić information content (AvgIpc) is 2.47. The lowest BCUT2D eigenvalue weighted by Crippen LogP contribution is -2.52. The maximum absolute atomic E-state index is 12.0. The standard InChI is InChI=1S/C16H25N3O2/c1-16(15(18)21,13-9-5-4-6-10-13)19-14(20)11-7-2-3-8-12-17/h4-6,9-10H,2-3,7-8,11-12,17H2,1H3,(H2,18,21)(H,19,20). The molecule has 0 aromatic heterocycles. The van der Waals surface area contributed by atoms with Crippen LogP contribution in [0.25, 0.3) is 0 Å². The Hall–Kier alpha value is -1.88. The highest BCUT2D eigenvalue weighted by Crippen LogP contribution is 2.20. The summed E-state index contributed by atoms with van der Waals surface area (Å²) in [6.45, 7) is 2.32. The van der Waals surface area contributed by atoms with Crippen LogP contribution in [0, 0.1) is 0 Å². The van der Waals surface area contributed by atoms with E-state index in [0.29, 0.717) is 18.5 Å². The summed E-state index contributed by atoms with van der Waals surface area (Å²) in [6, 6.07) is 9.05. The molecule has 0 saturated carbocycles. The minimum atomic E-state index is -1.17. The van der Waals surface area contributed by atoms with Crippen LogP contribution in [0.15, 0.2) is 30.3 Å². The van der Waals surface area contributed by atoms with E-state index in [-0.39, 0.29) is 5.91 Å². The van der Waals surface area contributed by atoms with Crippen LogP contribution in [0.1, 0.15) is 44.6 Å². The van der Waals surface area contributed by atoms with E-state index in [1.807, 2.05) is 18.2 Å². The Labute approximate surface area is 126 Å². The summed E-state index contributed by atoms with van der Waals surface area (Å²) >= 11 is 0. The molecule has 0 saturated heterocycles. The van der Waals surface area contributed by atoms with E-state index in [1.54, 1.807) is 19.1 Å². The highest BCUT2D eigenvalue weighted by Gasteiger charge is 2.34. The lowest BCUT2D eigenvalue weighted by atomic mass is 9.91. The SMILES string of the molecule is CC(NC(=O)CCCCCCN)(C(N)=O)c1ccccc1. The fraction of sp³-hybridized carbons (Fsp3) is 0.500. The number of carbonyl (C=O) groups is 2. The van der Waals surface area contributed by atoms with Crippen molar-refractivity contribution in [1.82, 2.24) is 5.32 Å². The largest absolute Gasteiger partial charge is 0.367 e. The molecule has 0 aliphatic carbocycles. The molecule has 2 amide bonds. The quantitative estimate of drug-likeness (QED) is 0.600. The molecule has 0 spiro atoms. The van der Waals surface area contributed by atoms with E-state index in [9.17, 15) is 9.59 Å². The molecular weight excluding hydrogens is 266 g/mol. The number of benzene rings is 1. The van der Waals surface area contributed by atoms with Crippen molar-refractivity contribution in [3.63, 3.8) is 0 Å². The van der Waals surface area contributed by atoms with Gasteiger partial charge < -0.3 is 16.8 Å². The van der Waals surface area contributed by atoms with Crippen LogP contribution in [0.2, 0.25) is 0 Å². The number of primary amides is 1. The Bertz CT molecular complexity index is 462. The van der Waals surface area contributed by atoms with Gasteiger partial charge in [0, 0.05) is 6.42 Å². The molecule has 116 valence electrons. The molecule has 1 atom stereocenters. The van der Waals surface area contributed by atoms with Crippen LogP contribution in [-0.4, -0.2) is 18.4 Å². The molecule has 1 aromatic carbocycles. The van der Waals surface area contributed by atoms with Crippen LogP contribution >= 0.6 is 0 Å². The first-order valence-electron chi connectivity index (χ1n) is 7.37. The molecule has 0 heterocycles. The summed E-state index contributed by atoms with van der Waals surface area (Å²) in [5.41, 5.74) is 10.4. The second kappa shape index (κ2) is 8.42. The number of carbonyl (C=O) groups excluding carboxylic acids is 2. The van der Waals surface area contributed by atoms with Crippen molar-refractivity contribution in [3.8, 4) is 0 Å². The van der Waals surface area contributed by atoms with Crippen LogP contribution in [-0.2, 0) is 15.1 Å². The summed E-state index contributed by atoms with van der Waals surface area (Å²) in [4.78, 5) is 23.8. The average molecular weight is 291 g/mol. The Morgan fingerprint density at radius 2 is 1.71 bits per heavy atom. The molecular formula is C16H25N3O2. The highest BCUT2D eigenvalue weighted by atomic mass is 16.2. The van der Waals surface area contributed by atoms with Gasteiger partial charge in [-0.1, -0.05) is 43.2 Å². The molecule has 5 heteroatoms. The van der Waals surface area contributed by atoms with Gasteiger partial charge in [-0.15, -0.1) is 0 Å². The molecule has 0 bridgehead atoms. The fourth-order valence-electron chi connectivity index (χ4n) is 2.17. The number of hydrogen-bond donors (Lipinski definition) is 3. The smallest absolute Gasteiger partial charge is 0.247 e. The van der Waals surface area contributed by atoms with Crippen molar-refractivity contribution in [3.05, 3.63) is 35.9 Å². The first-order valence-corrected chi connectivity index (χ1v) is 7.37. The lowest BCUT2D eigenvalue weighted by molar-refractivity contribution is -0.131. The number of unbranched alkanes of at least 4 members (excludes halogenated alkanes) is 3. The van der Waals surface area contributed by atoms with E-state index in [2.05, 4.69) is 5.32 Å². The Kier molecular flexibility index (Phi) is 6.88. The predicted octanol–water partition coefficient (Wildman–Crippen LogP) is 1.41. The van der Waals surface area contributed by atoms with E-state index in [4.69, 9.17) is 11.5 Å². The second-order valence-corrected chi connectivity index (χ2v) is 5.36. The van der Waals surface area contributed by atoms with E-state index >= 15 is 0 Å². The van der Waals surface area contributed by atoms with E-state index in [0.717, 1.165) is 25.7 Å². The van der Waals surface area contributed by atoms with Crippen molar-refractivity contribution in [2.45, 2.75) is 44.6 Å². The predicted molar refractivity (Wildman–Crippen MR) is 83.3 cm³/mol. The molecule has 0 fully saturated rings. The summed E-state index contributed by atoms with van der Waals surface area (Å²) < 4.78 is 0. The molecule has 0 aliphatic heterocycles. The highest BCUT2D eigenvalue weighted by molar-refractivity contribution is 5.91. The molecule has 5 nitrogen and oxygen atoms in total. The first kappa shape index (κ1) is 17.2. The zero-order valence-electron chi connectivity index (χ0n) is 12.6. The number of rotatable bonds is 9. The number of nitrogens with two attached hydrogens (primary N) is 2. The molecule has 21 heavy (non-hydrogen) atoms. The van der Waals surface area contributed by atoms with Gasteiger partial charge in [0.2, 0.25) is 11.8 Å². The molecule has 5 N–H and O–H groups in total. The van der Waals surface area contributed by atoms with Crippen molar-refractivity contribution in [2.24, 2.45) is 11.5 Å². The lowest BCUT2D eigenvalue weighted by Gasteiger charge is -2.28. The van der Waals surface area contributed by atoms with Gasteiger partial charge >= 0.3 is 0 Å². The van der Waals surface area contributed by atoms with E-state index in [1.165, 1.54) is 0 Å². The van der Waals surface area contributed by atoms with Gasteiger partial charge in [0.1, 0.15) is 5.54 Å². The third-order valence-electron chi connectivity index (χ3n) is 3.59. The Morgan fingerprint density at radius 1 is 1.10 bits per heavy atom. The van der Waals surface area contributed by atoms with Gasteiger partial charge in [-0.05, 0) is 31.9 Å². The number of nitrogens with one attached hydrogen (secondary N) is 1. The van der Waals surface area contributed by atoms with Crippen molar-refractivity contribution < 1.29 is 9.59 Å². The molecule has 0 aliphatic rings. The monoisotopic (exact) mass is 291 g/mol. The van der Waals surface area contributed by atoms with Crippen molar-refractivity contribution in [1.29, 1.82) is 0 Å². The van der Waals surface area contributed by atoms with Crippen LogP contribution < -0.4 is 16.8 Å². The van der Waals surface area contributed by atoms with Gasteiger partial charge in [0.15, 0.2) is 0 Å². The zero-order valence-corrected chi connectivity index (χ0v) is 12.6. The third kappa shape index (κ3) is 5.19. The minimum Gasteiger partial charge on any atom is -0.367 e. The van der Waals surface area contributed by atoms with Crippen LogP contribution in [0.5, 0.6) is 0 Å². The van der Waals surface area contributed by atoms with Gasteiger partial charge in [0.05, 0.1) is 0 Å². The third-order valence-corrected chi connectivity index (χ3v) is 3.59. The summed E-state index contributed by atoms with van der Waals surface area (Å²) in [5.74, 6) is -0.724. The maximum Gasteiger partial charge on any atom is 0.247 e. The van der Waals surface area contributed by atoms with Crippen molar-refractivity contribution in [2.75, 3.05) is 6.54 Å².